The summed E-state index contributed by atoms with van der Waals surface area (Å²) in [5, 5.41) is 16.6. The van der Waals surface area contributed by atoms with Gasteiger partial charge in [0.05, 0.1) is 6.42 Å². The maximum atomic E-state index is 10.2. The van der Waals surface area contributed by atoms with Crippen LogP contribution in [0.4, 0.5) is 0 Å². The Labute approximate surface area is 82.0 Å². The first-order chi connectivity index (χ1) is 6.26. The molecule has 1 rings (SSSR count). The predicted molar refractivity (Wildman–Crippen MR) is 47.7 cm³/mol. The molecule has 0 unspecified atom stereocenters. The molecule has 1 aliphatic heterocycles. The molecular weight excluding hydrogens is 188 g/mol. The molecule has 0 atom stereocenters. The maximum Gasteiger partial charge on any atom is 0.341 e. The highest BCUT2D eigenvalue weighted by Gasteiger charge is 2.24. The molecule has 1 heterocycles. The molecule has 0 aromatic heterocycles. The number of hydrogen-bond acceptors (Lipinski definition) is 5. The van der Waals surface area contributed by atoms with Crippen molar-refractivity contribution in [2.45, 2.75) is 25.6 Å². The molecule has 0 aromatic carbocycles. The van der Waals surface area contributed by atoms with Crippen LogP contribution in [0.5, 0.6) is 0 Å². The van der Waals surface area contributed by atoms with Crippen molar-refractivity contribution in [3.05, 3.63) is 19.1 Å². The van der Waals surface area contributed by atoms with Gasteiger partial charge in [-0.25, -0.2) is 4.79 Å². The van der Waals surface area contributed by atoms with Crippen molar-refractivity contribution < 1.29 is 24.5 Å². The fourth-order valence-electron chi connectivity index (χ4n) is 0.458. The minimum atomic E-state index is -1.57. The number of cyclic esters (lactones) is 2. The van der Waals surface area contributed by atoms with E-state index in [2.05, 4.69) is 18.2 Å². The summed E-state index contributed by atoms with van der Waals surface area (Å²) in [4.78, 5) is 20.4. The summed E-state index contributed by atoms with van der Waals surface area (Å²) >= 11 is 0. The van der Waals surface area contributed by atoms with Gasteiger partial charge in [-0.05, 0) is 13.8 Å². The average molecular weight is 201 g/mol. The summed E-state index contributed by atoms with van der Waals surface area (Å²) in [7, 11) is 0. The van der Waals surface area contributed by atoms with Crippen molar-refractivity contribution in [1.82, 2.24) is 0 Å². The smallest absolute Gasteiger partial charge is 0.341 e. The second kappa shape index (κ2) is 4.88. The van der Waals surface area contributed by atoms with Crippen molar-refractivity contribution in [1.29, 1.82) is 0 Å². The first-order valence-corrected chi connectivity index (χ1v) is 3.93. The first kappa shape index (κ1) is 12.8. The Bertz CT molecular complexity index is 230. The Morgan fingerprint density at radius 1 is 1.50 bits per heavy atom. The molecule has 5 heteroatoms. The molecule has 1 fully saturated rings. The van der Waals surface area contributed by atoms with Gasteiger partial charge in [0, 0.05) is 12.0 Å². The summed E-state index contributed by atoms with van der Waals surface area (Å²) in [5.74, 6) is -2.66. The fraction of sp³-hybridized carbons (Fsp3) is 0.444. The Balaban J connectivity index is 0.000000255. The summed E-state index contributed by atoms with van der Waals surface area (Å²) in [6.45, 7) is 7.84. The summed E-state index contributed by atoms with van der Waals surface area (Å²) in [6, 6.07) is 0. The highest BCUT2D eigenvalue weighted by molar-refractivity contribution is 6.05. The lowest BCUT2D eigenvalue weighted by atomic mass is 10.3. The number of carbonyl (C=O) groups excluding carboxylic acids is 2. The average Bonchev–Trinajstić information content (AvgIpc) is 2.29. The molecule has 0 spiro atoms. The van der Waals surface area contributed by atoms with Gasteiger partial charge < -0.3 is 14.9 Å². The van der Waals surface area contributed by atoms with Crippen LogP contribution in [0.25, 0.3) is 0 Å². The zero-order valence-electron chi connectivity index (χ0n) is 7.95. The van der Waals surface area contributed by atoms with Gasteiger partial charge in [-0.15, -0.1) is 0 Å². The summed E-state index contributed by atoms with van der Waals surface area (Å²) in [5.41, 5.74) is 0.245. The molecule has 0 saturated carbocycles. The van der Waals surface area contributed by atoms with Gasteiger partial charge in [0.15, 0.2) is 5.79 Å². The van der Waals surface area contributed by atoms with E-state index in [1.54, 1.807) is 0 Å². The number of rotatable bonds is 1. The van der Waals surface area contributed by atoms with Gasteiger partial charge in [0.1, 0.15) is 0 Å². The molecule has 79 valence electrons. The van der Waals surface area contributed by atoms with E-state index < -0.39 is 17.7 Å². The molecule has 0 aliphatic carbocycles. The lowest BCUT2D eigenvalue weighted by molar-refractivity contribution is -0.151. The van der Waals surface area contributed by atoms with E-state index in [0.29, 0.717) is 0 Å². The zero-order valence-corrected chi connectivity index (χ0v) is 7.95. The number of hydrogen-bond donors (Lipinski definition) is 2. The van der Waals surface area contributed by atoms with E-state index in [4.69, 9.17) is 10.2 Å². The lowest BCUT2D eigenvalue weighted by Gasteiger charge is -2.10. The van der Waals surface area contributed by atoms with Crippen LogP contribution in [0.1, 0.15) is 19.8 Å². The first-order valence-electron chi connectivity index (χ1n) is 3.93. The van der Waals surface area contributed by atoms with Gasteiger partial charge in [0.2, 0.25) is 0 Å². The molecule has 0 amide bonds. The van der Waals surface area contributed by atoms with Crippen molar-refractivity contribution in [2.75, 3.05) is 0 Å². The Hall–Kier alpha value is -1.20. The van der Waals surface area contributed by atoms with Crippen LogP contribution in [0.2, 0.25) is 0 Å². The third-order valence-corrected chi connectivity index (χ3v) is 1.33. The number of aliphatic hydroxyl groups is 2. The SMILES string of the molecule is C=C1CC(=O)OC1=O.[CH2]CC(C)(O)O. The van der Waals surface area contributed by atoms with Crippen molar-refractivity contribution >= 4 is 11.9 Å². The molecule has 1 radical (unpaired) electrons. The van der Waals surface area contributed by atoms with E-state index in [0.717, 1.165) is 0 Å². The summed E-state index contributed by atoms with van der Waals surface area (Å²) < 4.78 is 4.10. The Morgan fingerprint density at radius 2 is 1.93 bits per heavy atom. The maximum absolute atomic E-state index is 10.2. The van der Waals surface area contributed by atoms with E-state index in [-0.39, 0.29) is 18.4 Å². The van der Waals surface area contributed by atoms with E-state index in [9.17, 15) is 9.59 Å². The van der Waals surface area contributed by atoms with Crippen LogP contribution in [0.3, 0.4) is 0 Å². The van der Waals surface area contributed by atoms with Crippen LogP contribution < -0.4 is 0 Å². The van der Waals surface area contributed by atoms with E-state index in [1.807, 2.05) is 0 Å². The molecule has 2 N–H and O–H groups in total. The topological polar surface area (TPSA) is 83.8 Å². The van der Waals surface area contributed by atoms with Crippen LogP contribution in [-0.2, 0) is 14.3 Å². The molecule has 0 bridgehead atoms. The Kier molecular flexibility index (Phi) is 4.46. The van der Waals surface area contributed by atoms with Crippen molar-refractivity contribution in [3.8, 4) is 0 Å². The second-order valence-electron chi connectivity index (χ2n) is 3.01. The largest absolute Gasteiger partial charge is 0.389 e. The molecule has 1 aliphatic rings. The van der Waals surface area contributed by atoms with Crippen molar-refractivity contribution in [2.24, 2.45) is 0 Å². The molecular formula is C9H13O5. The number of esters is 2. The van der Waals surface area contributed by atoms with Crippen LogP contribution in [-0.4, -0.2) is 27.9 Å². The Morgan fingerprint density at radius 3 is 2.00 bits per heavy atom. The summed E-state index contributed by atoms with van der Waals surface area (Å²) in [6.07, 6.45) is 0.186. The van der Waals surface area contributed by atoms with Crippen LogP contribution >= 0.6 is 0 Å². The molecule has 0 aromatic rings. The third-order valence-electron chi connectivity index (χ3n) is 1.33. The van der Waals surface area contributed by atoms with Gasteiger partial charge in [-0.3, -0.25) is 4.79 Å². The zero-order chi connectivity index (χ0) is 11.4. The fourth-order valence-corrected chi connectivity index (χ4v) is 0.458. The molecule has 14 heavy (non-hydrogen) atoms. The normalized spacial score (nSPS) is 16.1. The monoisotopic (exact) mass is 201 g/mol. The van der Waals surface area contributed by atoms with Gasteiger partial charge in [-0.2, -0.15) is 0 Å². The minimum Gasteiger partial charge on any atom is -0.389 e. The van der Waals surface area contributed by atoms with E-state index in [1.165, 1.54) is 6.92 Å². The molecule has 1 saturated heterocycles. The lowest BCUT2D eigenvalue weighted by Crippen LogP contribution is -2.20. The number of ether oxygens (including phenoxy) is 1. The van der Waals surface area contributed by atoms with Gasteiger partial charge >= 0.3 is 11.9 Å². The highest BCUT2D eigenvalue weighted by Crippen LogP contribution is 2.10. The molecule has 5 nitrogen and oxygen atoms in total. The highest BCUT2D eigenvalue weighted by atomic mass is 16.6. The van der Waals surface area contributed by atoms with Crippen LogP contribution in [0.15, 0.2) is 12.2 Å². The van der Waals surface area contributed by atoms with E-state index >= 15 is 0 Å². The minimum absolute atomic E-state index is 0.0544. The third kappa shape index (κ3) is 5.45. The van der Waals surface area contributed by atoms with Crippen molar-refractivity contribution in [3.63, 3.8) is 0 Å². The predicted octanol–water partition coefficient (Wildman–Crippen LogP) is -0.0725. The van der Waals surface area contributed by atoms with Gasteiger partial charge in [-0.1, -0.05) is 6.58 Å². The van der Waals surface area contributed by atoms with Gasteiger partial charge in [0.25, 0.3) is 0 Å². The van der Waals surface area contributed by atoms with Crippen LogP contribution in [0, 0.1) is 6.92 Å². The quantitative estimate of drug-likeness (QED) is 0.268. The number of carbonyl (C=O) groups is 2. The standard InChI is InChI=1S/C5H4O3.C4H9O2/c1-3-2-4(6)8-5(3)7;1-3-4(2,5)6/h1-2H2;5-6H,1,3H2,2H3. The second-order valence-corrected chi connectivity index (χ2v) is 3.01.